The number of hydrogen-bond acceptors (Lipinski definition) is 2. The highest BCUT2D eigenvalue weighted by molar-refractivity contribution is 6.26. The van der Waals surface area contributed by atoms with E-state index in [1.807, 2.05) is 12.1 Å². The van der Waals surface area contributed by atoms with Gasteiger partial charge in [0.05, 0.1) is 0 Å². The Bertz CT molecular complexity index is 3440. The standard InChI is InChI=1S/C52H30O2/c1-2-17-34-31(13-1)14-12-25-37(34)49-40-22-6-4-20-38(40)48(39-21-5-7-23-41(39)49)33-16-11-15-32(29-33)45-30-46-44-28-27-43-36-19-9-10-26-47(36)53-51(43)52(44)54-50(46)42-24-8-3-18-35(42)45/h1-30H. The number of benzene rings is 10. The van der Waals surface area contributed by atoms with Gasteiger partial charge in [-0.3, -0.25) is 0 Å². The molecule has 0 saturated heterocycles. The quantitative estimate of drug-likeness (QED) is 0.173. The van der Waals surface area contributed by atoms with Gasteiger partial charge in [-0.2, -0.15) is 0 Å². The average molecular weight is 687 g/mol. The van der Waals surface area contributed by atoms with Crippen LogP contribution in [0.4, 0.5) is 0 Å². The molecule has 0 aliphatic heterocycles. The van der Waals surface area contributed by atoms with Gasteiger partial charge in [0.1, 0.15) is 11.2 Å². The van der Waals surface area contributed by atoms with E-state index in [4.69, 9.17) is 8.83 Å². The zero-order chi connectivity index (χ0) is 35.3. The van der Waals surface area contributed by atoms with E-state index in [-0.39, 0.29) is 0 Å². The first-order valence-electron chi connectivity index (χ1n) is 18.5. The molecule has 2 heteroatoms. The van der Waals surface area contributed by atoms with Crippen molar-refractivity contribution in [2.45, 2.75) is 0 Å². The van der Waals surface area contributed by atoms with Gasteiger partial charge in [0, 0.05) is 26.9 Å². The third-order valence-corrected chi connectivity index (χ3v) is 11.4. The molecule has 10 aromatic carbocycles. The van der Waals surface area contributed by atoms with Crippen LogP contribution in [-0.4, -0.2) is 0 Å². The molecular weight excluding hydrogens is 657 g/mol. The molecule has 0 aliphatic rings. The van der Waals surface area contributed by atoms with Crippen molar-refractivity contribution >= 4 is 87.0 Å². The lowest BCUT2D eigenvalue weighted by Crippen LogP contribution is -1.92. The lowest BCUT2D eigenvalue weighted by Gasteiger charge is -2.19. The van der Waals surface area contributed by atoms with Gasteiger partial charge >= 0.3 is 0 Å². The number of furan rings is 2. The summed E-state index contributed by atoms with van der Waals surface area (Å²) < 4.78 is 13.2. The van der Waals surface area contributed by atoms with Crippen LogP contribution in [0.25, 0.3) is 120 Å². The normalized spacial score (nSPS) is 12.1. The molecular formula is C52H30O2. The van der Waals surface area contributed by atoms with E-state index in [0.29, 0.717) is 0 Å². The van der Waals surface area contributed by atoms with Crippen molar-refractivity contribution < 1.29 is 8.83 Å². The molecule has 2 nitrogen and oxygen atoms in total. The van der Waals surface area contributed by atoms with Crippen molar-refractivity contribution in [3.63, 3.8) is 0 Å². The predicted octanol–water partition coefficient (Wildman–Crippen LogP) is 15.1. The van der Waals surface area contributed by atoms with E-state index in [1.165, 1.54) is 60.1 Å². The molecule has 0 N–H and O–H groups in total. The zero-order valence-electron chi connectivity index (χ0n) is 29.1. The van der Waals surface area contributed by atoms with Crippen LogP contribution in [0, 0.1) is 0 Å². The first kappa shape index (κ1) is 29.4. The lowest BCUT2D eigenvalue weighted by molar-refractivity contribution is 0.635. The fourth-order valence-corrected chi connectivity index (χ4v) is 9.09. The maximum atomic E-state index is 6.77. The minimum absolute atomic E-state index is 0.791. The van der Waals surface area contributed by atoms with Crippen molar-refractivity contribution in [2.75, 3.05) is 0 Å². The SMILES string of the molecule is c1cc(-c2c3ccccc3c(-c3cccc4ccccc34)c3ccccc23)cc(-c2cc3c4ccc5c6ccccc6oc5c4oc3c3ccccc23)c1. The summed E-state index contributed by atoms with van der Waals surface area (Å²) in [5, 5.41) is 14.1. The molecule has 0 unspecified atom stereocenters. The lowest BCUT2D eigenvalue weighted by atomic mass is 9.84. The topological polar surface area (TPSA) is 26.3 Å². The first-order chi connectivity index (χ1) is 26.8. The molecule has 250 valence electrons. The monoisotopic (exact) mass is 686 g/mol. The maximum absolute atomic E-state index is 6.77. The number of fused-ring (bicyclic) bond motifs is 12. The second-order valence-corrected chi connectivity index (χ2v) is 14.3. The zero-order valence-corrected chi connectivity index (χ0v) is 29.1. The van der Waals surface area contributed by atoms with Crippen LogP contribution in [0.2, 0.25) is 0 Å². The third kappa shape index (κ3) is 4.11. The third-order valence-electron chi connectivity index (χ3n) is 11.4. The van der Waals surface area contributed by atoms with Crippen LogP contribution in [0.3, 0.4) is 0 Å². The van der Waals surface area contributed by atoms with Gasteiger partial charge < -0.3 is 8.83 Å². The molecule has 0 bridgehead atoms. The van der Waals surface area contributed by atoms with Gasteiger partial charge in [-0.15, -0.1) is 0 Å². The molecule has 12 rings (SSSR count). The molecule has 2 aromatic heterocycles. The number of hydrogen-bond donors (Lipinski definition) is 0. The van der Waals surface area contributed by atoms with Crippen molar-refractivity contribution in [2.24, 2.45) is 0 Å². The average Bonchev–Trinajstić information content (AvgIpc) is 3.81. The summed E-state index contributed by atoms with van der Waals surface area (Å²) in [6.45, 7) is 0. The van der Waals surface area contributed by atoms with Crippen molar-refractivity contribution in [3.8, 4) is 33.4 Å². The maximum Gasteiger partial charge on any atom is 0.178 e. The van der Waals surface area contributed by atoms with Crippen LogP contribution in [-0.2, 0) is 0 Å². The molecule has 0 fully saturated rings. The Morgan fingerprint density at radius 2 is 0.778 bits per heavy atom. The Morgan fingerprint density at radius 3 is 1.54 bits per heavy atom. The Balaban J connectivity index is 1.12. The summed E-state index contributed by atoms with van der Waals surface area (Å²) in [4.78, 5) is 0. The summed E-state index contributed by atoms with van der Waals surface area (Å²) in [6, 6.07) is 65.8. The van der Waals surface area contributed by atoms with Crippen LogP contribution >= 0.6 is 0 Å². The summed E-state index contributed by atoms with van der Waals surface area (Å²) in [5.41, 5.74) is 10.6. The van der Waals surface area contributed by atoms with E-state index in [0.717, 1.165) is 60.2 Å². The van der Waals surface area contributed by atoms with Crippen LogP contribution < -0.4 is 0 Å². The summed E-state index contributed by atoms with van der Waals surface area (Å²) in [5.74, 6) is 0. The van der Waals surface area contributed by atoms with Gasteiger partial charge in [-0.25, -0.2) is 0 Å². The minimum atomic E-state index is 0.791. The van der Waals surface area contributed by atoms with Crippen molar-refractivity contribution in [3.05, 3.63) is 182 Å². The summed E-state index contributed by atoms with van der Waals surface area (Å²) >= 11 is 0. The fraction of sp³-hybridized carbons (Fsp3) is 0. The van der Waals surface area contributed by atoms with Gasteiger partial charge in [-0.1, -0.05) is 152 Å². The fourth-order valence-electron chi connectivity index (χ4n) is 9.09. The van der Waals surface area contributed by atoms with Crippen LogP contribution in [0.15, 0.2) is 191 Å². The molecule has 0 saturated carbocycles. The Labute approximate surface area is 310 Å². The molecule has 0 atom stereocenters. The van der Waals surface area contributed by atoms with Gasteiger partial charge in [0.15, 0.2) is 11.2 Å². The molecule has 12 aromatic rings. The summed E-state index contributed by atoms with van der Waals surface area (Å²) in [7, 11) is 0. The van der Waals surface area contributed by atoms with Gasteiger partial charge in [0.2, 0.25) is 0 Å². The smallest absolute Gasteiger partial charge is 0.178 e. The Kier molecular flexibility index (Phi) is 6.09. The van der Waals surface area contributed by atoms with Crippen LogP contribution in [0.5, 0.6) is 0 Å². The Hall–Kier alpha value is -7.16. The van der Waals surface area contributed by atoms with E-state index < -0.39 is 0 Å². The molecule has 54 heavy (non-hydrogen) atoms. The number of rotatable bonds is 3. The largest absolute Gasteiger partial charge is 0.452 e. The molecule has 0 radical (unpaired) electrons. The minimum Gasteiger partial charge on any atom is -0.452 e. The van der Waals surface area contributed by atoms with E-state index >= 15 is 0 Å². The molecule has 0 amide bonds. The summed E-state index contributed by atoms with van der Waals surface area (Å²) in [6.07, 6.45) is 0. The van der Waals surface area contributed by atoms with Crippen molar-refractivity contribution in [1.82, 2.24) is 0 Å². The highest BCUT2D eigenvalue weighted by Crippen LogP contribution is 2.47. The van der Waals surface area contributed by atoms with Gasteiger partial charge in [-0.05, 0) is 101 Å². The highest BCUT2D eigenvalue weighted by Gasteiger charge is 2.21. The van der Waals surface area contributed by atoms with Gasteiger partial charge in [0.25, 0.3) is 0 Å². The highest BCUT2D eigenvalue weighted by atomic mass is 16.4. The second-order valence-electron chi connectivity index (χ2n) is 14.3. The molecule has 2 heterocycles. The second kappa shape index (κ2) is 11.2. The van der Waals surface area contributed by atoms with Crippen molar-refractivity contribution in [1.29, 1.82) is 0 Å². The number of para-hydroxylation sites is 1. The van der Waals surface area contributed by atoms with E-state index in [2.05, 4.69) is 170 Å². The predicted molar refractivity (Wildman–Crippen MR) is 227 cm³/mol. The Morgan fingerprint density at radius 1 is 0.259 bits per heavy atom. The molecule has 0 aliphatic carbocycles. The first-order valence-corrected chi connectivity index (χ1v) is 18.5. The molecule has 0 spiro atoms. The van der Waals surface area contributed by atoms with E-state index in [1.54, 1.807) is 0 Å². The van der Waals surface area contributed by atoms with Crippen LogP contribution in [0.1, 0.15) is 0 Å². The van der Waals surface area contributed by atoms with E-state index in [9.17, 15) is 0 Å².